The van der Waals surface area contributed by atoms with Crippen molar-refractivity contribution in [2.24, 2.45) is 0 Å². The second-order valence-corrected chi connectivity index (χ2v) is 4.96. The summed E-state index contributed by atoms with van der Waals surface area (Å²) in [4.78, 5) is 4.51. The Bertz CT molecular complexity index is 532. The van der Waals surface area contributed by atoms with Gasteiger partial charge in [0.1, 0.15) is 0 Å². The molecule has 0 aromatic carbocycles. The van der Waals surface area contributed by atoms with Crippen LogP contribution in [0, 0.1) is 6.92 Å². The number of nitrogens with zero attached hydrogens (tertiary/aromatic N) is 2. The molecule has 4 heteroatoms. The van der Waals surface area contributed by atoms with Gasteiger partial charge in [0.05, 0.1) is 11.9 Å². The molecule has 0 radical (unpaired) electrons. The van der Waals surface area contributed by atoms with Gasteiger partial charge in [0.25, 0.3) is 0 Å². The lowest BCUT2D eigenvalue weighted by Gasteiger charge is -2.22. The Hall–Kier alpha value is -1.68. The van der Waals surface area contributed by atoms with Crippen molar-refractivity contribution in [1.82, 2.24) is 20.5 Å². The molecule has 1 aliphatic carbocycles. The molecule has 3 rings (SSSR count). The zero-order valence-corrected chi connectivity index (χ0v) is 10.6. The van der Waals surface area contributed by atoms with Crippen LogP contribution < -0.4 is 5.32 Å². The highest BCUT2D eigenvalue weighted by Gasteiger charge is 2.19. The van der Waals surface area contributed by atoms with Crippen LogP contribution in [0.3, 0.4) is 0 Å². The van der Waals surface area contributed by atoms with E-state index in [9.17, 15) is 0 Å². The fourth-order valence-corrected chi connectivity index (χ4v) is 2.54. The Morgan fingerprint density at radius 2 is 2.39 bits per heavy atom. The molecule has 2 heterocycles. The molecule has 4 nitrogen and oxygen atoms in total. The van der Waals surface area contributed by atoms with Gasteiger partial charge in [0, 0.05) is 24.0 Å². The van der Waals surface area contributed by atoms with Crippen LogP contribution in [0.1, 0.15) is 29.1 Å². The molecule has 1 unspecified atom stereocenters. The summed E-state index contributed by atoms with van der Waals surface area (Å²) in [6.07, 6.45) is 5.28. The average molecular weight is 242 g/mol. The topological polar surface area (TPSA) is 53.6 Å². The predicted octanol–water partition coefficient (Wildman–Crippen LogP) is 1.76. The summed E-state index contributed by atoms with van der Waals surface area (Å²) in [6.45, 7) is 2.88. The van der Waals surface area contributed by atoms with Crippen molar-refractivity contribution in [3.63, 3.8) is 0 Å². The molecule has 1 aliphatic rings. The summed E-state index contributed by atoms with van der Waals surface area (Å²) in [5, 5.41) is 10.8. The lowest BCUT2D eigenvalue weighted by molar-refractivity contribution is 0.452. The first-order valence-corrected chi connectivity index (χ1v) is 6.48. The predicted molar refractivity (Wildman–Crippen MR) is 70.2 cm³/mol. The maximum absolute atomic E-state index is 4.51. The minimum absolute atomic E-state index is 0.539. The van der Waals surface area contributed by atoms with Gasteiger partial charge >= 0.3 is 0 Å². The van der Waals surface area contributed by atoms with Crippen molar-refractivity contribution in [1.29, 1.82) is 0 Å². The summed E-state index contributed by atoms with van der Waals surface area (Å²) in [5.74, 6) is 0. The number of H-pyrrole nitrogens is 1. The molecular formula is C14H18N4. The van der Waals surface area contributed by atoms with Gasteiger partial charge in [-0.1, -0.05) is 6.07 Å². The Labute approximate surface area is 107 Å². The minimum atomic E-state index is 0.539. The number of fused-ring (bicyclic) bond motifs is 1. The van der Waals surface area contributed by atoms with Gasteiger partial charge in [-0.05, 0) is 43.9 Å². The van der Waals surface area contributed by atoms with E-state index in [4.69, 9.17) is 0 Å². The fraction of sp³-hybridized carbons (Fsp3) is 0.429. The third kappa shape index (κ3) is 2.43. The molecule has 0 bridgehead atoms. The second-order valence-electron chi connectivity index (χ2n) is 4.96. The highest BCUT2D eigenvalue weighted by Crippen LogP contribution is 2.18. The normalized spacial score (nSPS) is 18.6. The van der Waals surface area contributed by atoms with Crippen LogP contribution in [0.2, 0.25) is 0 Å². The highest BCUT2D eigenvalue weighted by atomic mass is 15.1. The number of aromatic amines is 1. The lowest BCUT2D eigenvalue weighted by atomic mass is 9.93. The molecule has 2 aromatic rings. The van der Waals surface area contributed by atoms with Crippen molar-refractivity contribution < 1.29 is 0 Å². The van der Waals surface area contributed by atoms with Gasteiger partial charge in [-0.3, -0.25) is 10.1 Å². The van der Waals surface area contributed by atoms with Gasteiger partial charge < -0.3 is 5.32 Å². The molecule has 0 saturated heterocycles. The van der Waals surface area contributed by atoms with Crippen LogP contribution in [-0.2, 0) is 19.4 Å². The Kier molecular flexibility index (Phi) is 3.11. The molecule has 1 atom stereocenters. The first kappa shape index (κ1) is 11.4. The van der Waals surface area contributed by atoms with E-state index in [0.29, 0.717) is 6.04 Å². The van der Waals surface area contributed by atoms with Crippen molar-refractivity contribution >= 4 is 0 Å². The Balaban J connectivity index is 1.59. The quantitative estimate of drug-likeness (QED) is 0.862. The average Bonchev–Trinajstić information content (AvgIpc) is 2.84. The SMILES string of the molecule is Cc1cccc(CNC2CCc3[nH]ncc3C2)n1. The van der Waals surface area contributed by atoms with E-state index < -0.39 is 0 Å². The summed E-state index contributed by atoms with van der Waals surface area (Å²) in [5.41, 5.74) is 4.86. The third-order valence-electron chi connectivity index (χ3n) is 3.53. The number of hydrogen-bond donors (Lipinski definition) is 2. The molecule has 2 aromatic heterocycles. The first-order valence-electron chi connectivity index (χ1n) is 6.48. The van der Waals surface area contributed by atoms with Crippen molar-refractivity contribution in [3.8, 4) is 0 Å². The van der Waals surface area contributed by atoms with Crippen molar-refractivity contribution in [3.05, 3.63) is 47.0 Å². The first-order chi connectivity index (χ1) is 8.81. The molecule has 0 aliphatic heterocycles. The number of hydrogen-bond acceptors (Lipinski definition) is 3. The zero-order chi connectivity index (χ0) is 12.4. The van der Waals surface area contributed by atoms with Crippen molar-refractivity contribution in [2.75, 3.05) is 0 Å². The standard InChI is InChI=1S/C14H18N4/c1-10-3-2-4-13(17-10)9-15-12-5-6-14-11(7-12)8-16-18-14/h2-4,8,12,15H,5-7,9H2,1H3,(H,16,18). The van der Waals surface area contributed by atoms with E-state index in [0.717, 1.165) is 30.8 Å². The van der Waals surface area contributed by atoms with E-state index in [1.807, 2.05) is 19.2 Å². The number of aromatic nitrogens is 3. The largest absolute Gasteiger partial charge is 0.308 e. The summed E-state index contributed by atoms with van der Waals surface area (Å²) in [7, 11) is 0. The van der Waals surface area contributed by atoms with Crippen LogP contribution >= 0.6 is 0 Å². The molecule has 0 saturated carbocycles. The number of rotatable bonds is 3. The Morgan fingerprint density at radius 1 is 1.44 bits per heavy atom. The third-order valence-corrected chi connectivity index (χ3v) is 3.53. The summed E-state index contributed by atoms with van der Waals surface area (Å²) < 4.78 is 0. The molecule has 18 heavy (non-hydrogen) atoms. The van der Waals surface area contributed by atoms with Crippen LogP contribution in [-0.4, -0.2) is 21.2 Å². The van der Waals surface area contributed by atoms with Gasteiger partial charge in [0.15, 0.2) is 0 Å². The van der Waals surface area contributed by atoms with Crippen LogP contribution in [0.15, 0.2) is 24.4 Å². The number of aryl methyl sites for hydroxylation is 2. The van der Waals surface area contributed by atoms with Gasteiger partial charge in [-0.15, -0.1) is 0 Å². The Morgan fingerprint density at radius 3 is 3.28 bits per heavy atom. The second kappa shape index (κ2) is 4.90. The van der Waals surface area contributed by atoms with Gasteiger partial charge in [-0.25, -0.2) is 0 Å². The number of nitrogens with one attached hydrogen (secondary N) is 2. The van der Waals surface area contributed by atoms with E-state index >= 15 is 0 Å². The molecule has 0 amide bonds. The zero-order valence-electron chi connectivity index (χ0n) is 10.6. The smallest absolute Gasteiger partial charge is 0.0544 e. The van der Waals surface area contributed by atoms with E-state index in [2.05, 4.69) is 32.6 Å². The maximum Gasteiger partial charge on any atom is 0.0544 e. The molecule has 0 spiro atoms. The number of pyridine rings is 1. The van der Waals surface area contributed by atoms with Gasteiger partial charge in [-0.2, -0.15) is 5.10 Å². The van der Waals surface area contributed by atoms with E-state index in [-0.39, 0.29) is 0 Å². The van der Waals surface area contributed by atoms with Crippen LogP contribution in [0.5, 0.6) is 0 Å². The van der Waals surface area contributed by atoms with Crippen LogP contribution in [0.25, 0.3) is 0 Å². The van der Waals surface area contributed by atoms with E-state index in [1.165, 1.54) is 17.7 Å². The maximum atomic E-state index is 4.51. The fourth-order valence-electron chi connectivity index (χ4n) is 2.54. The highest BCUT2D eigenvalue weighted by molar-refractivity contribution is 5.21. The lowest BCUT2D eigenvalue weighted by Crippen LogP contribution is -2.34. The summed E-state index contributed by atoms with van der Waals surface area (Å²) in [6, 6.07) is 6.71. The minimum Gasteiger partial charge on any atom is -0.308 e. The monoisotopic (exact) mass is 242 g/mol. The van der Waals surface area contributed by atoms with Crippen molar-refractivity contribution in [2.45, 2.75) is 38.8 Å². The van der Waals surface area contributed by atoms with Gasteiger partial charge in [0.2, 0.25) is 0 Å². The summed E-state index contributed by atoms with van der Waals surface area (Å²) >= 11 is 0. The molecule has 94 valence electrons. The molecule has 2 N–H and O–H groups in total. The van der Waals surface area contributed by atoms with Crippen LogP contribution in [0.4, 0.5) is 0 Å². The molecular weight excluding hydrogens is 224 g/mol. The van der Waals surface area contributed by atoms with E-state index in [1.54, 1.807) is 0 Å². The molecule has 0 fully saturated rings.